The molecule has 4 nitrogen and oxygen atoms in total. The Hall–Kier alpha value is -2.62. The molecule has 0 aromatic heterocycles. The van der Waals surface area contributed by atoms with Gasteiger partial charge in [-0.1, -0.05) is 35.0 Å². The molecule has 4 heteroatoms. The monoisotopic (exact) mass is 296 g/mol. The summed E-state index contributed by atoms with van der Waals surface area (Å²) in [7, 11) is 0. The van der Waals surface area contributed by atoms with Gasteiger partial charge in [-0.15, -0.1) is 0 Å². The lowest BCUT2D eigenvalue weighted by Gasteiger charge is -2.12. The molecule has 0 saturated heterocycles. The van der Waals surface area contributed by atoms with Gasteiger partial charge < -0.3 is 10.5 Å². The predicted octanol–water partition coefficient (Wildman–Crippen LogP) is 4.06. The van der Waals surface area contributed by atoms with Crippen LogP contribution in [-0.4, -0.2) is 16.8 Å². The summed E-state index contributed by atoms with van der Waals surface area (Å²) in [6.45, 7) is 7.60. The van der Waals surface area contributed by atoms with Crippen molar-refractivity contribution >= 4 is 17.3 Å². The summed E-state index contributed by atoms with van der Waals surface area (Å²) >= 11 is 0. The molecule has 2 rings (SSSR count). The van der Waals surface area contributed by atoms with Gasteiger partial charge in [-0.3, -0.25) is 4.79 Å². The number of hydrogen-bond acceptors (Lipinski definition) is 3. The van der Waals surface area contributed by atoms with E-state index in [1.165, 1.54) is 0 Å². The maximum Gasteiger partial charge on any atom is 0.256 e. The number of nitrogens with one attached hydrogen (secondary N) is 1. The zero-order valence-electron chi connectivity index (χ0n) is 13.3. The molecule has 0 radical (unpaired) electrons. The smallest absolute Gasteiger partial charge is 0.256 e. The van der Waals surface area contributed by atoms with Crippen LogP contribution >= 0.6 is 0 Å². The van der Waals surface area contributed by atoms with Crippen molar-refractivity contribution in [1.82, 2.24) is 0 Å². The van der Waals surface area contributed by atoms with Gasteiger partial charge in [0.2, 0.25) is 0 Å². The summed E-state index contributed by atoms with van der Waals surface area (Å²) in [5.41, 5.74) is 5.69. The predicted molar refractivity (Wildman–Crippen MR) is 89.0 cm³/mol. The van der Waals surface area contributed by atoms with E-state index in [1.807, 2.05) is 51.1 Å². The van der Waals surface area contributed by atoms with Crippen LogP contribution in [0.1, 0.15) is 39.5 Å². The van der Waals surface area contributed by atoms with E-state index < -0.39 is 0 Å². The van der Waals surface area contributed by atoms with Crippen LogP contribution in [0.4, 0.5) is 5.69 Å². The van der Waals surface area contributed by atoms with Gasteiger partial charge in [0.25, 0.3) is 5.91 Å². The SMILES string of the molecule is C/C(=N\O)c1cccc(NC(=O)c2c(C)cc(C)cc2C)c1. The third-order valence-electron chi connectivity index (χ3n) is 3.59. The molecule has 2 N–H and O–H groups in total. The number of oxime groups is 1. The summed E-state index contributed by atoms with van der Waals surface area (Å²) in [5.74, 6) is -0.134. The molecule has 0 aliphatic carbocycles. The molecule has 2 aromatic carbocycles. The molecular formula is C18H20N2O2. The number of amides is 1. The van der Waals surface area contributed by atoms with Gasteiger partial charge >= 0.3 is 0 Å². The minimum Gasteiger partial charge on any atom is -0.411 e. The van der Waals surface area contributed by atoms with Crippen molar-refractivity contribution in [2.75, 3.05) is 5.32 Å². The zero-order chi connectivity index (χ0) is 16.3. The number of hydrogen-bond donors (Lipinski definition) is 2. The van der Waals surface area contributed by atoms with Crippen LogP contribution in [0.3, 0.4) is 0 Å². The van der Waals surface area contributed by atoms with Crippen LogP contribution in [0.5, 0.6) is 0 Å². The van der Waals surface area contributed by atoms with Crippen molar-refractivity contribution in [1.29, 1.82) is 0 Å². The molecule has 1 amide bonds. The fourth-order valence-corrected chi connectivity index (χ4v) is 2.61. The number of anilines is 1. The van der Waals surface area contributed by atoms with Crippen molar-refractivity contribution < 1.29 is 10.0 Å². The molecule has 0 atom stereocenters. The van der Waals surface area contributed by atoms with Gasteiger partial charge in [0.1, 0.15) is 0 Å². The van der Waals surface area contributed by atoms with E-state index in [2.05, 4.69) is 10.5 Å². The number of carbonyl (C=O) groups is 1. The van der Waals surface area contributed by atoms with Crippen molar-refractivity contribution in [3.8, 4) is 0 Å². The highest BCUT2D eigenvalue weighted by molar-refractivity contribution is 6.07. The Kier molecular flexibility index (Phi) is 4.61. The first kappa shape index (κ1) is 15.8. The number of carbonyl (C=O) groups excluding carboxylic acids is 1. The van der Waals surface area contributed by atoms with E-state index in [-0.39, 0.29) is 5.91 Å². The van der Waals surface area contributed by atoms with E-state index in [9.17, 15) is 4.79 Å². The fraction of sp³-hybridized carbons (Fsp3) is 0.222. The maximum atomic E-state index is 12.5. The fourth-order valence-electron chi connectivity index (χ4n) is 2.61. The summed E-state index contributed by atoms with van der Waals surface area (Å²) in [4.78, 5) is 12.5. The van der Waals surface area contributed by atoms with Crippen LogP contribution in [0, 0.1) is 20.8 Å². The van der Waals surface area contributed by atoms with Crippen LogP contribution in [0.25, 0.3) is 0 Å². The van der Waals surface area contributed by atoms with Gasteiger partial charge in [-0.2, -0.15) is 0 Å². The summed E-state index contributed by atoms with van der Waals surface area (Å²) in [6.07, 6.45) is 0. The van der Waals surface area contributed by atoms with Crippen LogP contribution in [0.15, 0.2) is 41.6 Å². The molecule has 0 unspecified atom stereocenters. The van der Waals surface area contributed by atoms with E-state index in [4.69, 9.17) is 5.21 Å². The van der Waals surface area contributed by atoms with E-state index in [0.29, 0.717) is 17.0 Å². The highest BCUT2D eigenvalue weighted by Gasteiger charge is 2.13. The summed E-state index contributed by atoms with van der Waals surface area (Å²) in [5, 5.41) is 14.9. The Balaban J connectivity index is 2.30. The highest BCUT2D eigenvalue weighted by atomic mass is 16.4. The van der Waals surface area contributed by atoms with Crippen LogP contribution in [-0.2, 0) is 0 Å². The molecule has 114 valence electrons. The Morgan fingerprint density at radius 1 is 1.09 bits per heavy atom. The molecule has 0 aliphatic rings. The first-order valence-electron chi connectivity index (χ1n) is 7.10. The van der Waals surface area contributed by atoms with E-state index in [1.54, 1.807) is 13.0 Å². The zero-order valence-corrected chi connectivity index (χ0v) is 13.3. The number of rotatable bonds is 3. The standard InChI is InChI=1S/C18H20N2O2/c1-11-8-12(2)17(13(3)9-11)18(21)19-16-7-5-6-15(10-16)14(4)20-22/h5-10,22H,1-4H3,(H,19,21)/b20-14+. The van der Waals surface area contributed by atoms with Gasteiger partial charge in [0, 0.05) is 16.8 Å². The lowest BCUT2D eigenvalue weighted by molar-refractivity contribution is 0.102. The Labute approximate surface area is 130 Å². The number of nitrogens with zero attached hydrogens (tertiary/aromatic N) is 1. The third kappa shape index (κ3) is 3.34. The number of aryl methyl sites for hydroxylation is 3. The second-order valence-electron chi connectivity index (χ2n) is 5.49. The van der Waals surface area contributed by atoms with Crippen molar-refractivity contribution in [2.24, 2.45) is 5.16 Å². The average Bonchev–Trinajstić information content (AvgIpc) is 2.45. The lowest BCUT2D eigenvalue weighted by Crippen LogP contribution is -2.15. The van der Waals surface area contributed by atoms with Crippen molar-refractivity contribution in [2.45, 2.75) is 27.7 Å². The van der Waals surface area contributed by atoms with Gasteiger partial charge in [-0.05, 0) is 51.0 Å². The molecule has 0 fully saturated rings. The Morgan fingerprint density at radius 3 is 2.32 bits per heavy atom. The largest absolute Gasteiger partial charge is 0.411 e. The van der Waals surface area contributed by atoms with Gasteiger partial charge in [-0.25, -0.2) is 0 Å². The third-order valence-corrected chi connectivity index (χ3v) is 3.59. The summed E-state index contributed by atoms with van der Waals surface area (Å²) < 4.78 is 0. The molecule has 22 heavy (non-hydrogen) atoms. The molecule has 0 heterocycles. The molecule has 0 saturated carbocycles. The topological polar surface area (TPSA) is 61.7 Å². The van der Waals surface area contributed by atoms with Gasteiger partial charge in [0.05, 0.1) is 5.71 Å². The molecule has 0 spiro atoms. The average molecular weight is 296 g/mol. The normalized spacial score (nSPS) is 11.4. The second-order valence-corrected chi connectivity index (χ2v) is 5.49. The molecule has 0 aliphatic heterocycles. The highest BCUT2D eigenvalue weighted by Crippen LogP contribution is 2.19. The van der Waals surface area contributed by atoms with E-state index >= 15 is 0 Å². The second kappa shape index (κ2) is 6.43. The van der Waals surface area contributed by atoms with Crippen LogP contribution < -0.4 is 5.32 Å². The first-order valence-corrected chi connectivity index (χ1v) is 7.10. The van der Waals surface area contributed by atoms with Crippen molar-refractivity contribution in [3.63, 3.8) is 0 Å². The number of benzene rings is 2. The molecule has 0 bridgehead atoms. The molecular weight excluding hydrogens is 276 g/mol. The molecule has 2 aromatic rings. The van der Waals surface area contributed by atoms with Crippen molar-refractivity contribution in [3.05, 3.63) is 64.2 Å². The maximum absolute atomic E-state index is 12.5. The first-order chi connectivity index (χ1) is 10.4. The van der Waals surface area contributed by atoms with Gasteiger partial charge in [0.15, 0.2) is 0 Å². The Morgan fingerprint density at radius 2 is 1.73 bits per heavy atom. The lowest BCUT2D eigenvalue weighted by atomic mass is 9.99. The quantitative estimate of drug-likeness (QED) is 0.509. The minimum absolute atomic E-state index is 0.134. The summed E-state index contributed by atoms with van der Waals surface area (Å²) in [6, 6.07) is 11.2. The minimum atomic E-state index is -0.134. The van der Waals surface area contributed by atoms with Crippen LogP contribution in [0.2, 0.25) is 0 Å². The Bertz CT molecular complexity index is 725. The van der Waals surface area contributed by atoms with E-state index in [0.717, 1.165) is 22.3 Å².